The average Bonchev–Trinajstić information content (AvgIpc) is 3.15. The monoisotopic (exact) mass is 749 g/mol. The number of carbonyl (C=O) groups is 3. The molecule has 0 spiro atoms. The van der Waals surface area contributed by atoms with E-state index in [4.69, 9.17) is 14.2 Å². The third kappa shape index (κ3) is 41.2. The predicted octanol–water partition coefficient (Wildman–Crippen LogP) is 14.6. The van der Waals surface area contributed by atoms with Crippen LogP contribution in [0, 0.1) is 0 Å². The SMILES string of the molecule is CCCC/C=C\CCCCCCCC(=O)O[C@H](COC(=O)CCCCCCCCCCC)COC(=O)CCCCCCCCCCCCCCCCC. The normalized spacial score (nSPS) is 12.0. The highest BCUT2D eigenvalue weighted by atomic mass is 16.6. The first kappa shape index (κ1) is 51.1. The number of allylic oxidation sites excluding steroid dienone is 2. The van der Waals surface area contributed by atoms with Gasteiger partial charge in [0, 0.05) is 19.3 Å². The van der Waals surface area contributed by atoms with Crippen molar-refractivity contribution in [2.75, 3.05) is 13.2 Å². The van der Waals surface area contributed by atoms with Crippen LogP contribution < -0.4 is 0 Å². The van der Waals surface area contributed by atoms with Crippen LogP contribution in [0.4, 0.5) is 0 Å². The number of esters is 3. The van der Waals surface area contributed by atoms with Crippen LogP contribution in [-0.2, 0) is 28.6 Å². The summed E-state index contributed by atoms with van der Waals surface area (Å²) in [4.78, 5) is 37.6. The minimum atomic E-state index is -0.765. The van der Waals surface area contributed by atoms with Gasteiger partial charge in [0.1, 0.15) is 13.2 Å². The first-order valence-corrected chi connectivity index (χ1v) is 23.2. The molecule has 0 bridgehead atoms. The quantitative estimate of drug-likeness (QED) is 0.0268. The van der Waals surface area contributed by atoms with Crippen LogP contribution in [0.25, 0.3) is 0 Å². The minimum Gasteiger partial charge on any atom is -0.462 e. The van der Waals surface area contributed by atoms with Gasteiger partial charge in [0.25, 0.3) is 0 Å². The molecule has 0 N–H and O–H groups in total. The maximum absolute atomic E-state index is 12.7. The number of unbranched alkanes of at least 4 members (excludes halogenated alkanes) is 29. The lowest BCUT2D eigenvalue weighted by Crippen LogP contribution is -2.30. The molecule has 0 heterocycles. The first-order valence-electron chi connectivity index (χ1n) is 23.2. The second kappa shape index (κ2) is 42.9. The van der Waals surface area contributed by atoms with Gasteiger partial charge in [-0.25, -0.2) is 0 Å². The van der Waals surface area contributed by atoms with Crippen molar-refractivity contribution in [1.29, 1.82) is 0 Å². The molecule has 0 amide bonds. The summed E-state index contributed by atoms with van der Waals surface area (Å²) in [6.07, 6.45) is 44.8. The largest absolute Gasteiger partial charge is 0.462 e. The van der Waals surface area contributed by atoms with E-state index in [1.807, 2.05) is 0 Å². The minimum absolute atomic E-state index is 0.0690. The summed E-state index contributed by atoms with van der Waals surface area (Å²) in [6.45, 7) is 6.59. The Morgan fingerprint density at radius 2 is 0.642 bits per heavy atom. The van der Waals surface area contributed by atoms with Gasteiger partial charge in [0.2, 0.25) is 0 Å². The number of rotatable bonds is 42. The molecular weight excluding hydrogens is 661 g/mol. The van der Waals surface area contributed by atoms with E-state index >= 15 is 0 Å². The zero-order chi connectivity index (χ0) is 38.7. The molecule has 0 aliphatic rings. The van der Waals surface area contributed by atoms with E-state index in [1.165, 1.54) is 148 Å². The van der Waals surface area contributed by atoms with E-state index in [9.17, 15) is 14.4 Å². The van der Waals surface area contributed by atoms with Crippen LogP contribution in [0.15, 0.2) is 12.2 Å². The Balaban J connectivity index is 4.30. The fraction of sp³-hybridized carbons (Fsp3) is 0.894. The van der Waals surface area contributed by atoms with E-state index in [1.54, 1.807) is 0 Å². The smallest absolute Gasteiger partial charge is 0.306 e. The lowest BCUT2D eigenvalue weighted by Gasteiger charge is -2.18. The third-order valence-electron chi connectivity index (χ3n) is 10.3. The molecule has 0 aromatic carbocycles. The highest BCUT2D eigenvalue weighted by Crippen LogP contribution is 2.15. The van der Waals surface area contributed by atoms with Crippen molar-refractivity contribution in [1.82, 2.24) is 0 Å². The van der Waals surface area contributed by atoms with Crippen LogP contribution in [0.2, 0.25) is 0 Å². The van der Waals surface area contributed by atoms with Crippen molar-refractivity contribution in [3.63, 3.8) is 0 Å². The Kier molecular flexibility index (Phi) is 41.4. The summed E-state index contributed by atoms with van der Waals surface area (Å²) in [5.74, 6) is -0.873. The maximum atomic E-state index is 12.7. The molecule has 0 unspecified atom stereocenters. The molecule has 312 valence electrons. The number of hydrogen-bond acceptors (Lipinski definition) is 6. The molecule has 0 aromatic heterocycles. The van der Waals surface area contributed by atoms with Crippen molar-refractivity contribution in [3.8, 4) is 0 Å². The number of carbonyl (C=O) groups excluding carboxylic acids is 3. The van der Waals surface area contributed by atoms with Gasteiger partial charge < -0.3 is 14.2 Å². The lowest BCUT2D eigenvalue weighted by atomic mass is 10.0. The number of hydrogen-bond donors (Lipinski definition) is 0. The Morgan fingerprint density at radius 3 is 1.00 bits per heavy atom. The standard InChI is InChI=1S/C47H88O6/c1-4-7-10-13-16-19-21-22-23-24-26-28-31-34-37-40-46(49)52-43-44(42-51-45(48)39-36-33-30-27-18-15-12-9-6-3)53-47(50)41-38-35-32-29-25-20-17-14-11-8-5-2/h14,17,44H,4-13,15-16,18-43H2,1-3H3/b17-14-/t44-/m1/s1. The Labute approximate surface area is 329 Å². The molecule has 6 heteroatoms. The topological polar surface area (TPSA) is 78.9 Å². The fourth-order valence-electron chi connectivity index (χ4n) is 6.72. The molecule has 0 aliphatic carbocycles. The van der Waals surface area contributed by atoms with Crippen LogP contribution in [-0.4, -0.2) is 37.2 Å². The molecule has 0 saturated heterocycles. The van der Waals surface area contributed by atoms with E-state index in [0.29, 0.717) is 19.3 Å². The van der Waals surface area contributed by atoms with E-state index in [0.717, 1.165) is 64.2 Å². The molecule has 0 saturated carbocycles. The number of ether oxygens (including phenoxy) is 3. The molecule has 6 nitrogen and oxygen atoms in total. The van der Waals surface area contributed by atoms with Crippen molar-refractivity contribution < 1.29 is 28.6 Å². The molecule has 53 heavy (non-hydrogen) atoms. The van der Waals surface area contributed by atoms with E-state index in [-0.39, 0.29) is 31.1 Å². The summed E-state index contributed by atoms with van der Waals surface area (Å²) < 4.78 is 16.7. The van der Waals surface area contributed by atoms with Gasteiger partial charge in [-0.05, 0) is 38.5 Å². The second-order valence-corrected chi connectivity index (χ2v) is 15.7. The fourth-order valence-corrected chi connectivity index (χ4v) is 6.72. The van der Waals surface area contributed by atoms with E-state index < -0.39 is 6.10 Å². The van der Waals surface area contributed by atoms with Gasteiger partial charge in [-0.3, -0.25) is 14.4 Å². The highest BCUT2D eigenvalue weighted by Gasteiger charge is 2.19. The van der Waals surface area contributed by atoms with Crippen LogP contribution in [0.1, 0.15) is 252 Å². The molecule has 0 fully saturated rings. The molecule has 0 aliphatic heterocycles. The van der Waals surface area contributed by atoms with Crippen LogP contribution in [0.3, 0.4) is 0 Å². The molecule has 0 rings (SSSR count). The zero-order valence-electron chi connectivity index (χ0n) is 35.6. The summed E-state index contributed by atoms with van der Waals surface area (Å²) in [7, 11) is 0. The van der Waals surface area contributed by atoms with Crippen LogP contribution >= 0.6 is 0 Å². The Hall–Kier alpha value is -1.85. The van der Waals surface area contributed by atoms with Crippen molar-refractivity contribution in [2.24, 2.45) is 0 Å². The van der Waals surface area contributed by atoms with E-state index in [2.05, 4.69) is 32.9 Å². The Bertz CT molecular complexity index is 824. The van der Waals surface area contributed by atoms with Crippen molar-refractivity contribution in [2.45, 2.75) is 258 Å². The van der Waals surface area contributed by atoms with Crippen LogP contribution in [0.5, 0.6) is 0 Å². The van der Waals surface area contributed by atoms with Gasteiger partial charge in [-0.15, -0.1) is 0 Å². The molecule has 0 aromatic rings. The highest BCUT2D eigenvalue weighted by molar-refractivity contribution is 5.71. The molecular formula is C47H88O6. The van der Waals surface area contributed by atoms with Gasteiger partial charge in [-0.2, -0.15) is 0 Å². The second-order valence-electron chi connectivity index (χ2n) is 15.7. The van der Waals surface area contributed by atoms with Gasteiger partial charge in [0.15, 0.2) is 6.10 Å². The molecule has 1 atom stereocenters. The third-order valence-corrected chi connectivity index (χ3v) is 10.3. The summed E-state index contributed by atoms with van der Waals surface area (Å²) >= 11 is 0. The average molecular weight is 749 g/mol. The molecule has 0 radical (unpaired) electrons. The summed E-state index contributed by atoms with van der Waals surface area (Å²) in [5, 5.41) is 0. The summed E-state index contributed by atoms with van der Waals surface area (Å²) in [5.41, 5.74) is 0. The van der Waals surface area contributed by atoms with Crippen molar-refractivity contribution >= 4 is 17.9 Å². The van der Waals surface area contributed by atoms with Crippen molar-refractivity contribution in [3.05, 3.63) is 12.2 Å². The first-order chi connectivity index (χ1) is 26.0. The Morgan fingerprint density at radius 1 is 0.358 bits per heavy atom. The van der Waals surface area contributed by atoms with Gasteiger partial charge in [0.05, 0.1) is 0 Å². The lowest BCUT2D eigenvalue weighted by molar-refractivity contribution is -0.167. The maximum Gasteiger partial charge on any atom is 0.306 e. The van der Waals surface area contributed by atoms with Gasteiger partial charge >= 0.3 is 17.9 Å². The van der Waals surface area contributed by atoms with Gasteiger partial charge in [-0.1, -0.05) is 206 Å². The predicted molar refractivity (Wildman–Crippen MR) is 224 cm³/mol. The zero-order valence-corrected chi connectivity index (χ0v) is 35.6. The summed E-state index contributed by atoms with van der Waals surface area (Å²) in [6, 6.07) is 0.